The van der Waals surface area contributed by atoms with Gasteiger partial charge in [0.15, 0.2) is 0 Å². The number of ether oxygens (including phenoxy) is 1. The van der Waals surface area contributed by atoms with Crippen LogP contribution in [0.25, 0.3) is 0 Å². The molecule has 0 aliphatic heterocycles. The molecule has 1 rings (SSSR count). The van der Waals surface area contributed by atoms with Crippen molar-refractivity contribution in [3.63, 3.8) is 0 Å². The zero-order chi connectivity index (χ0) is 12.9. The first-order valence-electron chi connectivity index (χ1n) is 5.32. The van der Waals surface area contributed by atoms with Crippen LogP contribution in [-0.2, 0) is 9.84 Å². The van der Waals surface area contributed by atoms with Crippen LogP contribution < -0.4 is 10.1 Å². The second-order valence-corrected chi connectivity index (χ2v) is 6.12. The number of nitrogens with one attached hydrogen (secondary N) is 1. The van der Waals surface area contributed by atoms with E-state index in [0.29, 0.717) is 12.3 Å². The van der Waals surface area contributed by atoms with Gasteiger partial charge in [0.25, 0.3) is 0 Å². The number of methoxy groups -OCH3 is 1. The molecule has 0 aliphatic carbocycles. The molecule has 0 aliphatic rings. The van der Waals surface area contributed by atoms with Crippen LogP contribution in [-0.4, -0.2) is 39.6 Å². The summed E-state index contributed by atoms with van der Waals surface area (Å²) in [5.41, 5.74) is 0.876. The smallest absolute Gasteiger partial charge is 0.217 e. The first-order chi connectivity index (χ1) is 7.98. The SMILES string of the molecule is CNC(CCS(C)(=O)=O)c1cccnc1OC. The van der Waals surface area contributed by atoms with Crippen LogP contribution in [0.1, 0.15) is 18.0 Å². The van der Waals surface area contributed by atoms with E-state index >= 15 is 0 Å². The van der Waals surface area contributed by atoms with Crippen molar-refractivity contribution in [2.45, 2.75) is 12.5 Å². The van der Waals surface area contributed by atoms with Crippen molar-refractivity contribution < 1.29 is 13.2 Å². The molecule has 1 aromatic rings. The lowest BCUT2D eigenvalue weighted by Crippen LogP contribution is -2.20. The van der Waals surface area contributed by atoms with E-state index in [1.807, 2.05) is 12.1 Å². The Bertz CT molecular complexity index is 460. The summed E-state index contributed by atoms with van der Waals surface area (Å²) in [4.78, 5) is 4.10. The largest absolute Gasteiger partial charge is 0.481 e. The summed E-state index contributed by atoms with van der Waals surface area (Å²) < 4.78 is 27.5. The fraction of sp³-hybridized carbons (Fsp3) is 0.545. The summed E-state index contributed by atoms with van der Waals surface area (Å²) in [6, 6.07) is 3.62. The zero-order valence-electron chi connectivity index (χ0n) is 10.3. The van der Waals surface area contributed by atoms with Gasteiger partial charge in [0.05, 0.1) is 12.9 Å². The molecule has 0 amide bonds. The molecule has 96 valence electrons. The van der Waals surface area contributed by atoms with Gasteiger partial charge in [0, 0.05) is 24.1 Å². The van der Waals surface area contributed by atoms with Gasteiger partial charge in [0.1, 0.15) is 9.84 Å². The van der Waals surface area contributed by atoms with Gasteiger partial charge in [0.2, 0.25) is 5.88 Å². The van der Waals surface area contributed by atoms with Crippen LogP contribution in [0.2, 0.25) is 0 Å². The second-order valence-electron chi connectivity index (χ2n) is 3.86. The van der Waals surface area contributed by atoms with Crippen LogP contribution in [0.15, 0.2) is 18.3 Å². The molecule has 0 bridgehead atoms. The third-order valence-electron chi connectivity index (χ3n) is 2.50. The molecular formula is C11H18N2O3S. The number of aromatic nitrogens is 1. The van der Waals surface area contributed by atoms with E-state index in [1.165, 1.54) is 6.26 Å². The number of nitrogens with zero attached hydrogens (tertiary/aromatic N) is 1. The maximum atomic E-state index is 11.2. The van der Waals surface area contributed by atoms with E-state index in [-0.39, 0.29) is 11.8 Å². The maximum Gasteiger partial charge on any atom is 0.217 e. The molecule has 1 atom stereocenters. The van der Waals surface area contributed by atoms with E-state index < -0.39 is 9.84 Å². The van der Waals surface area contributed by atoms with Crippen LogP contribution >= 0.6 is 0 Å². The minimum atomic E-state index is -2.96. The summed E-state index contributed by atoms with van der Waals surface area (Å²) in [7, 11) is 0.384. The van der Waals surface area contributed by atoms with Crippen molar-refractivity contribution in [3.05, 3.63) is 23.9 Å². The summed E-state index contributed by atoms with van der Waals surface area (Å²) in [6.45, 7) is 0. The Balaban J connectivity index is 2.86. The molecule has 17 heavy (non-hydrogen) atoms. The highest BCUT2D eigenvalue weighted by atomic mass is 32.2. The molecule has 0 saturated heterocycles. The van der Waals surface area contributed by atoms with Gasteiger partial charge in [-0.3, -0.25) is 0 Å². The van der Waals surface area contributed by atoms with Gasteiger partial charge in [-0.25, -0.2) is 13.4 Å². The van der Waals surface area contributed by atoms with Crippen molar-refractivity contribution in [2.75, 3.05) is 26.2 Å². The van der Waals surface area contributed by atoms with Crippen molar-refractivity contribution in [1.82, 2.24) is 10.3 Å². The molecule has 5 nitrogen and oxygen atoms in total. The summed E-state index contributed by atoms with van der Waals surface area (Å²) >= 11 is 0. The highest BCUT2D eigenvalue weighted by Crippen LogP contribution is 2.24. The normalized spacial score (nSPS) is 13.4. The van der Waals surface area contributed by atoms with Crippen molar-refractivity contribution in [2.24, 2.45) is 0 Å². The van der Waals surface area contributed by atoms with Gasteiger partial charge in [-0.15, -0.1) is 0 Å². The topological polar surface area (TPSA) is 68.3 Å². The molecule has 0 spiro atoms. The van der Waals surface area contributed by atoms with Crippen molar-refractivity contribution in [1.29, 1.82) is 0 Å². The van der Waals surface area contributed by atoms with E-state index in [2.05, 4.69) is 10.3 Å². The average molecular weight is 258 g/mol. The van der Waals surface area contributed by atoms with E-state index in [0.717, 1.165) is 5.56 Å². The molecule has 1 heterocycles. The molecule has 0 saturated carbocycles. The van der Waals surface area contributed by atoms with E-state index in [4.69, 9.17) is 4.74 Å². The first kappa shape index (κ1) is 13.9. The number of sulfone groups is 1. The predicted molar refractivity (Wildman–Crippen MR) is 66.9 cm³/mol. The number of hydrogen-bond acceptors (Lipinski definition) is 5. The van der Waals surface area contributed by atoms with Gasteiger partial charge in [-0.2, -0.15) is 0 Å². The highest BCUT2D eigenvalue weighted by Gasteiger charge is 2.16. The van der Waals surface area contributed by atoms with Gasteiger partial charge in [-0.1, -0.05) is 6.07 Å². The maximum absolute atomic E-state index is 11.2. The fourth-order valence-electron chi connectivity index (χ4n) is 1.63. The van der Waals surface area contributed by atoms with Crippen molar-refractivity contribution >= 4 is 9.84 Å². The molecule has 6 heteroatoms. The monoisotopic (exact) mass is 258 g/mol. The Morgan fingerprint density at radius 1 is 1.53 bits per heavy atom. The molecule has 1 unspecified atom stereocenters. The summed E-state index contributed by atoms with van der Waals surface area (Å²) in [5.74, 6) is 0.664. The van der Waals surface area contributed by atoms with Crippen LogP contribution in [0.5, 0.6) is 5.88 Å². The van der Waals surface area contributed by atoms with E-state index in [9.17, 15) is 8.42 Å². The number of rotatable bonds is 6. The van der Waals surface area contributed by atoms with E-state index in [1.54, 1.807) is 20.4 Å². The van der Waals surface area contributed by atoms with Gasteiger partial charge >= 0.3 is 0 Å². The Hall–Kier alpha value is -1.14. The minimum absolute atomic E-state index is 0.0756. The molecule has 0 fully saturated rings. The van der Waals surface area contributed by atoms with Gasteiger partial charge < -0.3 is 10.1 Å². The Morgan fingerprint density at radius 2 is 2.24 bits per heavy atom. The second kappa shape index (κ2) is 5.97. The number of pyridine rings is 1. The lowest BCUT2D eigenvalue weighted by atomic mass is 10.1. The molecular weight excluding hydrogens is 240 g/mol. The minimum Gasteiger partial charge on any atom is -0.481 e. The quantitative estimate of drug-likeness (QED) is 0.817. The van der Waals surface area contributed by atoms with Crippen LogP contribution in [0.4, 0.5) is 0 Å². The number of hydrogen-bond donors (Lipinski definition) is 1. The Kier molecular flexibility index (Phi) is 4.89. The average Bonchev–Trinajstić information content (AvgIpc) is 2.29. The lowest BCUT2D eigenvalue weighted by molar-refractivity contribution is 0.383. The van der Waals surface area contributed by atoms with Crippen LogP contribution in [0.3, 0.4) is 0 Å². The molecule has 0 aromatic carbocycles. The molecule has 0 radical (unpaired) electrons. The van der Waals surface area contributed by atoms with Crippen LogP contribution in [0, 0.1) is 0 Å². The lowest BCUT2D eigenvalue weighted by Gasteiger charge is -2.17. The summed E-state index contributed by atoms with van der Waals surface area (Å²) in [5, 5.41) is 3.08. The molecule has 1 aromatic heterocycles. The molecule has 1 N–H and O–H groups in total. The predicted octanol–water partition coefficient (Wildman–Crippen LogP) is 0.785. The standard InChI is InChI=1S/C11H18N2O3S/c1-12-10(6-8-17(3,14)15)9-5-4-7-13-11(9)16-2/h4-5,7,10,12H,6,8H2,1-3H3. The van der Waals surface area contributed by atoms with Crippen molar-refractivity contribution in [3.8, 4) is 5.88 Å². The highest BCUT2D eigenvalue weighted by molar-refractivity contribution is 7.90. The zero-order valence-corrected chi connectivity index (χ0v) is 11.1. The third-order valence-corrected chi connectivity index (χ3v) is 3.47. The third kappa shape index (κ3) is 4.32. The van der Waals surface area contributed by atoms with Gasteiger partial charge in [-0.05, 0) is 19.5 Å². The first-order valence-corrected chi connectivity index (χ1v) is 7.38. The Morgan fingerprint density at radius 3 is 2.76 bits per heavy atom. The summed E-state index contributed by atoms with van der Waals surface area (Å²) in [6.07, 6.45) is 3.38. The fourth-order valence-corrected chi connectivity index (χ4v) is 2.29. The Labute approximate surface area is 102 Å².